The zero-order valence-electron chi connectivity index (χ0n) is 12.9. The second-order valence-corrected chi connectivity index (χ2v) is 7.35. The van der Waals surface area contributed by atoms with E-state index in [2.05, 4.69) is 6.92 Å². The number of nitrogens with zero attached hydrogens (tertiary/aromatic N) is 1. The van der Waals surface area contributed by atoms with Crippen LogP contribution in [0.15, 0.2) is 24.3 Å². The van der Waals surface area contributed by atoms with Gasteiger partial charge in [0.1, 0.15) is 0 Å². The van der Waals surface area contributed by atoms with Crippen molar-refractivity contribution in [2.75, 3.05) is 4.90 Å². The summed E-state index contributed by atoms with van der Waals surface area (Å²) in [5, 5.41) is 10.5. The van der Waals surface area contributed by atoms with E-state index in [1.54, 1.807) is 0 Å². The van der Waals surface area contributed by atoms with Gasteiger partial charge in [0.2, 0.25) is 5.91 Å². The molecule has 1 amide bonds. The number of fused-ring (bicyclic) bond motifs is 2. The second-order valence-electron chi connectivity index (χ2n) is 7.35. The lowest BCUT2D eigenvalue weighted by molar-refractivity contribution is -0.133. The average Bonchev–Trinajstić information content (AvgIpc) is 3.17. The molecule has 0 spiro atoms. The molecule has 2 saturated heterocycles. The van der Waals surface area contributed by atoms with Crippen molar-refractivity contribution in [3.05, 3.63) is 29.8 Å². The average molecular weight is 299 g/mol. The van der Waals surface area contributed by atoms with Gasteiger partial charge in [-0.15, -0.1) is 0 Å². The van der Waals surface area contributed by atoms with Crippen LogP contribution in [0.2, 0.25) is 0 Å². The van der Waals surface area contributed by atoms with E-state index >= 15 is 0 Å². The molecule has 5 rings (SSSR count). The van der Waals surface area contributed by atoms with Gasteiger partial charge in [-0.2, -0.15) is 0 Å². The van der Waals surface area contributed by atoms with Gasteiger partial charge < -0.3 is 9.84 Å². The number of amides is 1. The molecule has 1 aromatic rings. The zero-order valence-corrected chi connectivity index (χ0v) is 12.9. The third kappa shape index (κ3) is 1.19. The highest BCUT2D eigenvalue weighted by Gasteiger charge is 2.78. The van der Waals surface area contributed by atoms with Crippen LogP contribution in [0.3, 0.4) is 0 Å². The first-order chi connectivity index (χ1) is 10.6. The van der Waals surface area contributed by atoms with Gasteiger partial charge in [0.15, 0.2) is 5.72 Å². The van der Waals surface area contributed by atoms with Crippen LogP contribution in [0.5, 0.6) is 0 Å². The third-order valence-corrected chi connectivity index (χ3v) is 6.66. The molecular weight excluding hydrogens is 278 g/mol. The van der Waals surface area contributed by atoms with Crippen molar-refractivity contribution >= 4 is 11.6 Å². The predicted octanol–water partition coefficient (Wildman–Crippen LogP) is 2.09. The summed E-state index contributed by atoms with van der Waals surface area (Å²) < 4.78 is 6.43. The van der Waals surface area contributed by atoms with Crippen molar-refractivity contribution in [3.63, 3.8) is 0 Å². The van der Waals surface area contributed by atoms with Crippen LogP contribution in [-0.2, 0) is 9.53 Å². The summed E-state index contributed by atoms with van der Waals surface area (Å²) in [6, 6.07) is 8.04. The molecule has 1 N–H and O–H groups in total. The molecule has 2 saturated carbocycles. The number of aryl methyl sites for hydroxylation is 1. The van der Waals surface area contributed by atoms with Gasteiger partial charge in [0.25, 0.3) is 0 Å². The van der Waals surface area contributed by atoms with Gasteiger partial charge in [-0.25, -0.2) is 0 Å². The van der Waals surface area contributed by atoms with E-state index in [0.717, 1.165) is 24.1 Å². The number of rotatable bonds is 2. The minimum Gasteiger partial charge on any atom is -0.390 e. The topological polar surface area (TPSA) is 49.8 Å². The molecule has 2 bridgehead atoms. The Hall–Kier alpha value is -1.39. The molecule has 0 unspecified atom stereocenters. The van der Waals surface area contributed by atoms with Crippen molar-refractivity contribution in [3.8, 4) is 0 Å². The van der Waals surface area contributed by atoms with E-state index in [9.17, 15) is 9.90 Å². The molecule has 4 aliphatic rings. The molecular formula is C18H21NO3. The van der Waals surface area contributed by atoms with Crippen molar-refractivity contribution in [2.24, 2.45) is 23.7 Å². The Bertz CT molecular complexity index is 674. The Morgan fingerprint density at radius 1 is 1.36 bits per heavy atom. The smallest absolute Gasteiger partial charge is 0.233 e. The van der Waals surface area contributed by atoms with Crippen molar-refractivity contribution in [2.45, 2.75) is 44.6 Å². The van der Waals surface area contributed by atoms with Crippen LogP contribution >= 0.6 is 0 Å². The molecule has 4 nitrogen and oxygen atoms in total. The summed E-state index contributed by atoms with van der Waals surface area (Å²) in [7, 11) is 0. The van der Waals surface area contributed by atoms with Gasteiger partial charge in [-0.1, -0.05) is 25.1 Å². The van der Waals surface area contributed by atoms with Gasteiger partial charge in [0.05, 0.1) is 18.1 Å². The molecule has 0 radical (unpaired) electrons. The largest absolute Gasteiger partial charge is 0.390 e. The first-order valence-electron chi connectivity index (χ1n) is 8.35. The van der Waals surface area contributed by atoms with Crippen LogP contribution < -0.4 is 4.90 Å². The Balaban J connectivity index is 1.70. The summed E-state index contributed by atoms with van der Waals surface area (Å²) >= 11 is 0. The highest BCUT2D eigenvalue weighted by Crippen LogP contribution is 2.68. The fourth-order valence-electron chi connectivity index (χ4n) is 5.90. The minimum absolute atomic E-state index is 0.0571. The number of aliphatic hydroxyl groups is 1. The highest BCUT2D eigenvalue weighted by atomic mass is 16.6. The summed E-state index contributed by atoms with van der Waals surface area (Å²) in [5.74, 6) is 0.796. The maximum Gasteiger partial charge on any atom is 0.233 e. The number of benzene rings is 1. The molecule has 7 atom stereocenters. The third-order valence-electron chi connectivity index (χ3n) is 6.66. The number of hydrogen-bond donors (Lipinski definition) is 1. The lowest BCUT2D eigenvalue weighted by atomic mass is 9.76. The number of hydrogen-bond acceptors (Lipinski definition) is 3. The summed E-state index contributed by atoms with van der Waals surface area (Å²) in [5.41, 5.74) is 1.53. The molecule has 2 aliphatic heterocycles. The standard InChI is InChI=1S/C18H21NO3/c1-3-18-14-11-8-10(15(20)16(11)22-18)13(14)17(21)19(18)12-7-5-4-6-9(12)2/h4-7,10-11,13-16,20H,3,8H2,1-2H3/t10-,11-,13+,14-,15+,16-,18-/m0/s1. The molecule has 1 aromatic carbocycles. The number of aliphatic hydroxyl groups excluding tert-OH is 1. The molecule has 2 aliphatic carbocycles. The second kappa shape index (κ2) is 3.92. The summed E-state index contributed by atoms with van der Waals surface area (Å²) in [6.07, 6.45) is 1.20. The number of para-hydroxylation sites is 1. The normalized spacial score (nSPS) is 47.8. The Morgan fingerprint density at radius 3 is 2.86 bits per heavy atom. The van der Waals surface area contributed by atoms with Crippen LogP contribution in [0.4, 0.5) is 5.69 Å². The first-order valence-corrected chi connectivity index (χ1v) is 8.35. The van der Waals surface area contributed by atoms with Gasteiger partial charge in [-0.05, 0) is 43.2 Å². The quantitative estimate of drug-likeness (QED) is 0.910. The van der Waals surface area contributed by atoms with Gasteiger partial charge in [0, 0.05) is 11.6 Å². The van der Waals surface area contributed by atoms with Gasteiger partial charge in [-0.3, -0.25) is 9.69 Å². The predicted molar refractivity (Wildman–Crippen MR) is 81.1 cm³/mol. The number of anilines is 1. The van der Waals surface area contributed by atoms with Crippen molar-refractivity contribution < 1.29 is 14.6 Å². The summed E-state index contributed by atoms with van der Waals surface area (Å²) in [6.45, 7) is 4.15. The Labute approximate surface area is 130 Å². The molecule has 22 heavy (non-hydrogen) atoms. The number of carbonyl (C=O) groups is 1. The maximum absolute atomic E-state index is 13.2. The van der Waals surface area contributed by atoms with E-state index < -0.39 is 11.8 Å². The molecule has 116 valence electrons. The van der Waals surface area contributed by atoms with E-state index in [1.165, 1.54) is 0 Å². The maximum atomic E-state index is 13.2. The van der Waals surface area contributed by atoms with E-state index in [4.69, 9.17) is 4.74 Å². The Kier molecular flexibility index (Phi) is 2.33. The van der Waals surface area contributed by atoms with E-state index in [-0.39, 0.29) is 29.8 Å². The molecule has 4 heteroatoms. The fraction of sp³-hybridized carbons (Fsp3) is 0.611. The molecule has 2 heterocycles. The zero-order chi connectivity index (χ0) is 15.2. The van der Waals surface area contributed by atoms with Crippen LogP contribution in [0.1, 0.15) is 25.3 Å². The highest BCUT2D eigenvalue weighted by molar-refractivity contribution is 6.01. The lowest BCUT2D eigenvalue weighted by Gasteiger charge is -2.39. The van der Waals surface area contributed by atoms with Crippen LogP contribution in [0, 0.1) is 30.6 Å². The fourth-order valence-corrected chi connectivity index (χ4v) is 5.90. The number of ether oxygens (including phenoxy) is 1. The van der Waals surface area contributed by atoms with Crippen LogP contribution in [-0.4, -0.2) is 28.9 Å². The number of carbonyl (C=O) groups excluding carboxylic acids is 1. The van der Waals surface area contributed by atoms with E-state index in [0.29, 0.717) is 5.92 Å². The first kappa shape index (κ1) is 13.1. The Morgan fingerprint density at radius 2 is 2.14 bits per heavy atom. The minimum atomic E-state index is -0.546. The SMILES string of the molecule is CC[C@]12O[C@@H]3[C@H](O)[C@H]4C[C@H]3[C@H]1[C@@H]4C(=O)N2c1ccccc1C. The molecule has 0 aromatic heterocycles. The molecule has 4 fully saturated rings. The van der Waals surface area contributed by atoms with Crippen molar-refractivity contribution in [1.82, 2.24) is 0 Å². The van der Waals surface area contributed by atoms with Gasteiger partial charge >= 0.3 is 0 Å². The summed E-state index contributed by atoms with van der Waals surface area (Å²) in [4.78, 5) is 15.1. The van der Waals surface area contributed by atoms with Crippen LogP contribution in [0.25, 0.3) is 0 Å². The van der Waals surface area contributed by atoms with E-state index in [1.807, 2.05) is 36.1 Å². The lowest BCUT2D eigenvalue weighted by Crippen LogP contribution is -2.51. The monoisotopic (exact) mass is 299 g/mol. The van der Waals surface area contributed by atoms with Crippen molar-refractivity contribution in [1.29, 1.82) is 0 Å².